The Morgan fingerprint density at radius 3 is 2.56 bits per heavy atom. The van der Waals surface area contributed by atoms with Gasteiger partial charge in [0.2, 0.25) is 0 Å². The summed E-state index contributed by atoms with van der Waals surface area (Å²) in [6, 6.07) is 0. The minimum Gasteiger partial charge on any atom is -0.465 e. The molecule has 0 fully saturated rings. The number of aromatic amines is 1. The van der Waals surface area contributed by atoms with Gasteiger partial charge < -0.3 is 19.9 Å². The van der Waals surface area contributed by atoms with E-state index in [1.807, 2.05) is 27.7 Å². The summed E-state index contributed by atoms with van der Waals surface area (Å²) in [5.41, 5.74) is 0.0000958. The number of carbonyl (C=O) groups is 2. The van der Waals surface area contributed by atoms with E-state index in [1.165, 1.54) is 7.11 Å². The minimum absolute atomic E-state index is 0.0530. The molecule has 1 atom stereocenters. The molecular weight excluding hydrogens is 368 g/mol. The third-order valence-corrected chi connectivity index (χ3v) is 5.23. The van der Waals surface area contributed by atoms with Crippen molar-refractivity contribution in [3.05, 3.63) is 26.6 Å². The number of likely N-dealkylation sites (N-methyl/N-ethyl adjacent to an activating group) is 1. The smallest absolute Gasteiger partial charge is 0.348 e. The highest BCUT2D eigenvalue weighted by molar-refractivity contribution is 7.20. The predicted molar refractivity (Wildman–Crippen MR) is 104 cm³/mol. The van der Waals surface area contributed by atoms with Crippen LogP contribution in [0.4, 0.5) is 0 Å². The molecule has 0 saturated carbocycles. The molecule has 0 saturated heterocycles. The Balaban J connectivity index is 2.26. The summed E-state index contributed by atoms with van der Waals surface area (Å²) in [4.78, 5) is 45.7. The molecule has 0 radical (unpaired) electrons. The third kappa shape index (κ3) is 5.14. The molecule has 8 nitrogen and oxygen atoms in total. The number of fused-ring (bicyclic) bond motifs is 1. The number of nitrogens with one attached hydrogen (secondary N) is 3. The minimum atomic E-state index is -0.476. The maximum absolute atomic E-state index is 12.5. The maximum atomic E-state index is 12.5. The second-order valence-corrected chi connectivity index (χ2v) is 8.49. The highest BCUT2D eigenvalue weighted by Crippen LogP contribution is 2.27. The summed E-state index contributed by atoms with van der Waals surface area (Å²) in [5.74, 6) is -0.0376. The molecule has 1 unspecified atom stereocenters. The van der Waals surface area contributed by atoms with Gasteiger partial charge in [0, 0.05) is 5.54 Å². The third-order valence-electron chi connectivity index (χ3n) is 4.06. The number of aromatic nitrogens is 2. The van der Waals surface area contributed by atoms with E-state index in [9.17, 15) is 14.4 Å². The maximum Gasteiger partial charge on any atom is 0.348 e. The van der Waals surface area contributed by atoms with Crippen LogP contribution in [0.1, 0.15) is 48.8 Å². The van der Waals surface area contributed by atoms with Crippen LogP contribution in [0.2, 0.25) is 0 Å². The number of H-pyrrole nitrogens is 1. The highest BCUT2D eigenvalue weighted by atomic mass is 32.1. The Hall–Kier alpha value is -2.26. The van der Waals surface area contributed by atoms with E-state index in [0.29, 0.717) is 39.6 Å². The molecule has 148 valence electrons. The number of rotatable bonds is 6. The lowest BCUT2D eigenvalue weighted by atomic mass is 10.1. The van der Waals surface area contributed by atoms with E-state index in [2.05, 4.69) is 15.3 Å². The van der Waals surface area contributed by atoms with Crippen LogP contribution in [0.3, 0.4) is 0 Å². The van der Waals surface area contributed by atoms with Crippen LogP contribution in [-0.4, -0.2) is 47.6 Å². The van der Waals surface area contributed by atoms with E-state index in [1.54, 1.807) is 6.92 Å². The topological polar surface area (TPSA) is 106 Å². The molecule has 2 aromatic heterocycles. The van der Waals surface area contributed by atoms with Crippen molar-refractivity contribution in [2.24, 2.45) is 0 Å². The van der Waals surface area contributed by atoms with Crippen molar-refractivity contribution in [3.63, 3.8) is 0 Å². The van der Waals surface area contributed by atoms with Crippen LogP contribution in [0, 0.1) is 6.92 Å². The van der Waals surface area contributed by atoms with Crippen molar-refractivity contribution in [1.82, 2.24) is 15.3 Å². The largest absolute Gasteiger partial charge is 0.465 e. The van der Waals surface area contributed by atoms with Crippen LogP contribution >= 0.6 is 11.3 Å². The molecule has 1 amide bonds. The predicted octanol–water partition coefficient (Wildman–Crippen LogP) is 0.399. The zero-order valence-electron chi connectivity index (χ0n) is 16.6. The summed E-state index contributed by atoms with van der Waals surface area (Å²) in [6.07, 6.45) is 0. The van der Waals surface area contributed by atoms with Gasteiger partial charge in [-0.25, -0.2) is 9.78 Å². The molecule has 0 aromatic carbocycles. The van der Waals surface area contributed by atoms with Gasteiger partial charge in [0.15, 0.2) is 12.4 Å². The molecule has 2 aromatic rings. The molecule has 2 heterocycles. The fraction of sp³-hybridized carbons (Fsp3) is 0.556. The summed E-state index contributed by atoms with van der Waals surface area (Å²) < 4.78 is 4.77. The Labute approximate surface area is 161 Å². The van der Waals surface area contributed by atoms with Gasteiger partial charge in [-0.2, -0.15) is 0 Å². The lowest BCUT2D eigenvalue weighted by molar-refractivity contribution is -0.904. The Morgan fingerprint density at radius 2 is 2.00 bits per heavy atom. The lowest BCUT2D eigenvalue weighted by Crippen LogP contribution is -3.11. The molecule has 0 bridgehead atoms. The monoisotopic (exact) mass is 395 g/mol. The fourth-order valence-electron chi connectivity index (χ4n) is 2.80. The Kier molecular flexibility index (Phi) is 6.38. The number of hydrogen-bond acceptors (Lipinski definition) is 6. The molecular formula is C18H27N4O4S+. The van der Waals surface area contributed by atoms with Gasteiger partial charge in [-0.1, -0.05) is 0 Å². The molecule has 0 aliphatic heterocycles. The van der Waals surface area contributed by atoms with Crippen LogP contribution in [0.15, 0.2) is 4.79 Å². The van der Waals surface area contributed by atoms with Crippen molar-refractivity contribution in [2.45, 2.75) is 46.7 Å². The van der Waals surface area contributed by atoms with E-state index in [0.717, 1.165) is 16.2 Å². The molecule has 9 heteroatoms. The number of ether oxygens (including phenoxy) is 1. The Bertz CT molecular complexity index is 910. The number of carbonyl (C=O) groups excluding carboxylic acids is 2. The SMILES string of the molecule is CC[NH+](CC(=O)NC(C)(C)C)Cc1nc2sc(C(=O)OC)c(C)c2c(=O)[nH]1. The van der Waals surface area contributed by atoms with Gasteiger partial charge in [-0.3, -0.25) is 9.59 Å². The summed E-state index contributed by atoms with van der Waals surface area (Å²) in [6.45, 7) is 10.9. The van der Waals surface area contributed by atoms with Gasteiger partial charge >= 0.3 is 5.97 Å². The number of thiophene rings is 1. The molecule has 0 spiro atoms. The van der Waals surface area contributed by atoms with Gasteiger partial charge in [0.25, 0.3) is 11.5 Å². The Morgan fingerprint density at radius 1 is 1.33 bits per heavy atom. The number of amides is 1. The van der Waals surface area contributed by atoms with Crippen molar-refractivity contribution < 1.29 is 19.2 Å². The molecule has 3 N–H and O–H groups in total. The van der Waals surface area contributed by atoms with Crippen molar-refractivity contribution in [3.8, 4) is 0 Å². The van der Waals surface area contributed by atoms with E-state index >= 15 is 0 Å². The van der Waals surface area contributed by atoms with Crippen LogP contribution in [0.25, 0.3) is 10.2 Å². The van der Waals surface area contributed by atoms with Crippen LogP contribution < -0.4 is 15.8 Å². The fourth-order valence-corrected chi connectivity index (χ4v) is 3.92. The summed E-state index contributed by atoms with van der Waals surface area (Å²) >= 11 is 1.15. The number of aryl methyl sites for hydroxylation is 1. The zero-order chi connectivity index (χ0) is 20.4. The number of nitrogens with zero attached hydrogens (tertiary/aromatic N) is 1. The van der Waals surface area contributed by atoms with Gasteiger partial charge in [0.05, 0.1) is 19.0 Å². The van der Waals surface area contributed by atoms with Gasteiger partial charge in [0.1, 0.15) is 16.3 Å². The summed E-state index contributed by atoms with van der Waals surface area (Å²) in [5, 5.41) is 3.35. The summed E-state index contributed by atoms with van der Waals surface area (Å²) in [7, 11) is 1.31. The molecule has 0 aliphatic carbocycles. The van der Waals surface area contributed by atoms with Gasteiger partial charge in [-0.05, 0) is 40.2 Å². The molecule has 2 rings (SSSR count). The van der Waals surface area contributed by atoms with Crippen molar-refractivity contribution in [2.75, 3.05) is 20.2 Å². The number of methoxy groups -OCH3 is 1. The first kappa shape index (κ1) is 21.0. The molecule has 27 heavy (non-hydrogen) atoms. The van der Waals surface area contributed by atoms with E-state index in [4.69, 9.17) is 4.74 Å². The number of esters is 1. The zero-order valence-corrected chi connectivity index (χ0v) is 17.4. The average molecular weight is 396 g/mol. The number of quaternary nitrogens is 1. The van der Waals surface area contributed by atoms with Crippen LogP contribution in [-0.2, 0) is 16.1 Å². The molecule has 0 aliphatic rings. The van der Waals surface area contributed by atoms with Crippen molar-refractivity contribution >= 4 is 33.4 Å². The first-order valence-corrected chi connectivity index (χ1v) is 9.62. The van der Waals surface area contributed by atoms with Crippen LogP contribution in [0.5, 0.6) is 0 Å². The quantitative estimate of drug-likeness (QED) is 0.614. The first-order valence-electron chi connectivity index (χ1n) is 8.81. The normalized spacial score (nSPS) is 12.8. The second kappa shape index (κ2) is 8.18. The highest BCUT2D eigenvalue weighted by Gasteiger charge is 2.22. The lowest BCUT2D eigenvalue weighted by Gasteiger charge is -2.23. The van der Waals surface area contributed by atoms with E-state index in [-0.39, 0.29) is 23.6 Å². The first-order chi connectivity index (χ1) is 12.6. The van der Waals surface area contributed by atoms with Crippen molar-refractivity contribution in [1.29, 1.82) is 0 Å². The van der Waals surface area contributed by atoms with E-state index < -0.39 is 5.97 Å². The second-order valence-electron chi connectivity index (χ2n) is 7.50. The standard InChI is InChI=1S/C18H26N4O4S/c1-7-22(9-12(23)21-18(3,4)5)8-11-19-15(24)13-10(2)14(17(25)26-6)27-16(13)20-11/h7-9H2,1-6H3,(H,21,23)(H,19,20,24)/p+1. The number of hydrogen-bond donors (Lipinski definition) is 3. The van der Waals surface area contributed by atoms with Gasteiger partial charge in [-0.15, -0.1) is 11.3 Å². The average Bonchev–Trinajstić information content (AvgIpc) is 2.88.